The molecule has 0 saturated heterocycles. The number of benzene rings is 2. The number of para-hydroxylation sites is 1. The first-order valence-corrected chi connectivity index (χ1v) is 8.20. The van der Waals surface area contributed by atoms with E-state index in [1.807, 2.05) is 48.2 Å². The van der Waals surface area contributed by atoms with E-state index in [9.17, 15) is 4.79 Å². The first-order valence-electron chi connectivity index (χ1n) is 8.20. The summed E-state index contributed by atoms with van der Waals surface area (Å²) in [6, 6.07) is 13.8. The van der Waals surface area contributed by atoms with Crippen molar-refractivity contribution in [1.82, 2.24) is 9.88 Å². The Hall–Kier alpha value is -2.75. The first kappa shape index (κ1) is 14.8. The summed E-state index contributed by atoms with van der Waals surface area (Å²) < 4.78 is 5.45. The summed E-state index contributed by atoms with van der Waals surface area (Å²) in [5.74, 6) is 0.953. The number of fused-ring (bicyclic) bond motifs is 3. The Bertz CT molecular complexity index is 927. The van der Waals surface area contributed by atoms with Crippen LogP contribution in [0.5, 0.6) is 5.75 Å². The predicted molar refractivity (Wildman–Crippen MR) is 94.5 cm³/mol. The van der Waals surface area contributed by atoms with Gasteiger partial charge in [-0.1, -0.05) is 30.3 Å². The van der Waals surface area contributed by atoms with E-state index in [0.29, 0.717) is 6.54 Å². The third-order valence-corrected chi connectivity index (χ3v) is 4.85. The standard InChI is InChI=1S/C20H20N2O2/c1-13-6-3-4-7-14(13)20(23)22-11-10-17-16(12-22)15-8-5-9-18(24-2)19(15)21-17/h3-9,21H,10-12H2,1-2H3. The lowest BCUT2D eigenvalue weighted by Gasteiger charge is -2.28. The van der Waals surface area contributed by atoms with Gasteiger partial charge in [-0.25, -0.2) is 0 Å². The molecular weight excluding hydrogens is 300 g/mol. The molecule has 4 rings (SSSR count). The van der Waals surface area contributed by atoms with Crippen molar-refractivity contribution in [1.29, 1.82) is 0 Å². The van der Waals surface area contributed by atoms with Crippen LogP contribution >= 0.6 is 0 Å². The van der Waals surface area contributed by atoms with Crippen LogP contribution in [0.1, 0.15) is 27.2 Å². The van der Waals surface area contributed by atoms with Gasteiger partial charge in [-0.2, -0.15) is 0 Å². The van der Waals surface area contributed by atoms with Gasteiger partial charge in [-0.15, -0.1) is 0 Å². The molecular formula is C20H20N2O2. The Labute approximate surface area is 141 Å². The van der Waals surface area contributed by atoms with Crippen LogP contribution in [0.4, 0.5) is 0 Å². The summed E-state index contributed by atoms with van der Waals surface area (Å²) in [4.78, 5) is 18.3. The molecule has 1 aliphatic heterocycles. The molecule has 0 fully saturated rings. The number of hydrogen-bond donors (Lipinski definition) is 1. The molecule has 0 unspecified atom stereocenters. The van der Waals surface area contributed by atoms with Crippen molar-refractivity contribution >= 4 is 16.8 Å². The normalized spacial score (nSPS) is 13.8. The molecule has 122 valence electrons. The van der Waals surface area contributed by atoms with Crippen LogP contribution in [-0.2, 0) is 13.0 Å². The lowest BCUT2D eigenvalue weighted by Crippen LogP contribution is -2.36. The number of rotatable bonds is 2. The molecule has 2 heterocycles. The predicted octanol–water partition coefficient (Wildman–Crippen LogP) is 3.68. The molecule has 0 radical (unpaired) electrons. The number of aryl methyl sites for hydroxylation is 1. The average molecular weight is 320 g/mol. The summed E-state index contributed by atoms with van der Waals surface area (Å²) in [6.07, 6.45) is 0.838. The molecule has 2 aromatic carbocycles. The Morgan fingerprint density at radius 1 is 1.17 bits per heavy atom. The zero-order valence-corrected chi connectivity index (χ0v) is 13.9. The van der Waals surface area contributed by atoms with Crippen molar-refractivity contribution in [2.75, 3.05) is 13.7 Å². The van der Waals surface area contributed by atoms with E-state index in [4.69, 9.17) is 4.74 Å². The van der Waals surface area contributed by atoms with Gasteiger partial charge in [0.2, 0.25) is 0 Å². The Balaban J connectivity index is 1.71. The average Bonchev–Trinajstić information content (AvgIpc) is 2.99. The molecule has 1 aromatic heterocycles. The number of amides is 1. The molecule has 4 heteroatoms. The molecule has 0 spiro atoms. The number of carbonyl (C=O) groups is 1. The third kappa shape index (κ3) is 2.26. The lowest BCUT2D eigenvalue weighted by atomic mass is 10.0. The minimum Gasteiger partial charge on any atom is -0.495 e. The van der Waals surface area contributed by atoms with Crippen molar-refractivity contribution in [2.45, 2.75) is 19.9 Å². The van der Waals surface area contributed by atoms with Crippen molar-refractivity contribution in [3.8, 4) is 5.75 Å². The number of hydrogen-bond acceptors (Lipinski definition) is 2. The van der Waals surface area contributed by atoms with Crippen molar-refractivity contribution in [2.24, 2.45) is 0 Å². The van der Waals surface area contributed by atoms with Crippen molar-refractivity contribution in [3.63, 3.8) is 0 Å². The van der Waals surface area contributed by atoms with E-state index >= 15 is 0 Å². The maximum atomic E-state index is 12.9. The Kier molecular flexibility index (Phi) is 3.53. The van der Waals surface area contributed by atoms with Crippen LogP contribution in [0.25, 0.3) is 10.9 Å². The number of nitrogens with zero attached hydrogens (tertiary/aromatic N) is 1. The fraction of sp³-hybridized carbons (Fsp3) is 0.250. The van der Waals surface area contributed by atoms with E-state index in [2.05, 4.69) is 11.1 Å². The second-order valence-corrected chi connectivity index (χ2v) is 6.26. The minimum atomic E-state index is 0.107. The Morgan fingerprint density at radius 2 is 2.00 bits per heavy atom. The number of methoxy groups -OCH3 is 1. The molecule has 0 bridgehead atoms. The molecule has 4 nitrogen and oxygen atoms in total. The maximum Gasteiger partial charge on any atom is 0.254 e. The smallest absolute Gasteiger partial charge is 0.254 e. The van der Waals surface area contributed by atoms with Gasteiger partial charge in [-0.3, -0.25) is 4.79 Å². The van der Waals surface area contributed by atoms with Gasteiger partial charge in [0.05, 0.1) is 12.6 Å². The topological polar surface area (TPSA) is 45.3 Å². The first-order chi connectivity index (χ1) is 11.7. The van der Waals surface area contributed by atoms with E-state index < -0.39 is 0 Å². The van der Waals surface area contributed by atoms with E-state index in [1.165, 1.54) is 11.3 Å². The highest BCUT2D eigenvalue weighted by Gasteiger charge is 2.26. The molecule has 0 saturated carbocycles. The number of H-pyrrole nitrogens is 1. The van der Waals surface area contributed by atoms with E-state index in [0.717, 1.165) is 40.7 Å². The van der Waals surface area contributed by atoms with E-state index in [-0.39, 0.29) is 5.91 Å². The fourth-order valence-corrected chi connectivity index (χ4v) is 3.54. The SMILES string of the molecule is COc1cccc2c3c([nH]c12)CCN(C(=O)c1ccccc1C)C3. The van der Waals surface area contributed by atoms with Crippen molar-refractivity contribution in [3.05, 3.63) is 64.8 Å². The van der Waals surface area contributed by atoms with Gasteiger partial charge in [-0.05, 0) is 24.6 Å². The van der Waals surface area contributed by atoms with Crippen LogP contribution in [0, 0.1) is 6.92 Å². The third-order valence-electron chi connectivity index (χ3n) is 4.85. The summed E-state index contributed by atoms with van der Waals surface area (Å²) in [5.41, 5.74) is 5.25. The summed E-state index contributed by atoms with van der Waals surface area (Å²) in [6.45, 7) is 3.35. The monoisotopic (exact) mass is 320 g/mol. The van der Waals surface area contributed by atoms with Crippen LogP contribution in [0.3, 0.4) is 0 Å². The van der Waals surface area contributed by atoms with Gasteiger partial charge in [0.15, 0.2) is 0 Å². The van der Waals surface area contributed by atoms with Gasteiger partial charge in [0.1, 0.15) is 5.75 Å². The largest absolute Gasteiger partial charge is 0.495 e. The number of ether oxygens (including phenoxy) is 1. The molecule has 1 N–H and O–H groups in total. The van der Waals surface area contributed by atoms with E-state index in [1.54, 1.807) is 7.11 Å². The van der Waals surface area contributed by atoms with Gasteiger partial charge >= 0.3 is 0 Å². The molecule has 1 aliphatic rings. The summed E-state index contributed by atoms with van der Waals surface area (Å²) >= 11 is 0. The second kappa shape index (κ2) is 5.71. The molecule has 24 heavy (non-hydrogen) atoms. The molecule has 0 atom stereocenters. The zero-order chi connectivity index (χ0) is 16.7. The number of aromatic amines is 1. The second-order valence-electron chi connectivity index (χ2n) is 6.26. The van der Waals surface area contributed by atoms with Gasteiger partial charge in [0.25, 0.3) is 5.91 Å². The highest BCUT2D eigenvalue weighted by atomic mass is 16.5. The quantitative estimate of drug-likeness (QED) is 0.783. The number of carbonyl (C=O) groups excluding carboxylic acids is 1. The van der Waals surface area contributed by atoms with Gasteiger partial charge < -0.3 is 14.6 Å². The Morgan fingerprint density at radius 3 is 2.79 bits per heavy atom. The van der Waals surface area contributed by atoms with Crippen LogP contribution in [-0.4, -0.2) is 29.4 Å². The fourth-order valence-electron chi connectivity index (χ4n) is 3.54. The lowest BCUT2D eigenvalue weighted by molar-refractivity contribution is 0.0734. The summed E-state index contributed by atoms with van der Waals surface area (Å²) in [7, 11) is 1.68. The number of aromatic nitrogens is 1. The highest BCUT2D eigenvalue weighted by molar-refractivity contribution is 5.96. The van der Waals surface area contributed by atoms with Crippen LogP contribution in [0.2, 0.25) is 0 Å². The molecule has 0 aliphatic carbocycles. The maximum absolute atomic E-state index is 12.9. The zero-order valence-electron chi connectivity index (χ0n) is 13.9. The molecule has 1 amide bonds. The number of nitrogens with one attached hydrogen (secondary N) is 1. The minimum absolute atomic E-state index is 0.107. The molecule has 3 aromatic rings. The van der Waals surface area contributed by atoms with Crippen LogP contribution < -0.4 is 4.74 Å². The summed E-state index contributed by atoms with van der Waals surface area (Å²) in [5, 5.41) is 1.15. The van der Waals surface area contributed by atoms with Crippen molar-refractivity contribution < 1.29 is 9.53 Å². The van der Waals surface area contributed by atoms with Gasteiger partial charge in [0, 0.05) is 41.7 Å². The highest BCUT2D eigenvalue weighted by Crippen LogP contribution is 2.33. The van der Waals surface area contributed by atoms with Crippen LogP contribution in [0.15, 0.2) is 42.5 Å².